The second-order valence-electron chi connectivity index (χ2n) is 2.50. The summed E-state index contributed by atoms with van der Waals surface area (Å²) in [7, 11) is 1.60. The van der Waals surface area contributed by atoms with E-state index in [-0.39, 0.29) is 5.92 Å². The molecule has 62 valence electrons. The summed E-state index contributed by atoms with van der Waals surface area (Å²) in [6.07, 6.45) is 0.969. The van der Waals surface area contributed by atoms with Crippen molar-refractivity contribution >= 4 is 23.2 Å². The molecule has 0 aliphatic heterocycles. The molecule has 0 aromatic rings. The van der Waals surface area contributed by atoms with Crippen molar-refractivity contribution < 1.29 is 4.74 Å². The number of hydrogen-bond acceptors (Lipinski definition) is 1. The summed E-state index contributed by atoms with van der Waals surface area (Å²) >= 11 is 11.9. The van der Waals surface area contributed by atoms with E-state index in [0.29, 0.717) is 6.61 Å². The van der Waals surface area contributed by atoms with E-state index in [0.717, 1.165) is 6.42 Å². The van der Waals surface area contributed by atoms with Crippen LogP contribution in [0.3, 0.4) is 0 Å². The molecule has 0 aliphatic carbocycles. The summed E-state index contributed by atoms with van der Waals surface area (Å²) in [5.41, 5.74) is 0. The van der Waals surface area contributed by atoms with Gasteiger partial charge in [0.05, 0.1) is 6.61 Å². The number of methoxy groups -OCH3 is 1. The van der Waals surface area contributed by atoms with E-state index in [2.05, 4.69) is 6.92 Å². The van der Waals surface area contributed by atoms with E-state index in [4.69, 9.17) is 27.9 Å². The molecule has 3 heteroatoms. The Balaban J connectivity index is 3.82. The number of ether oxygens (including phenoxy) is 1. The summed E-state index contributed by atoms with van der Waals surface area (Å²) in [5.74, 6) is 0.274. The zero-order valence-electron chi connectivity index (χ0n) is 6.66. The molecule has 0 saturated carbocycles. The molecule has 0 spiro atoms. The molecule has 0 radical (unpaired) electrons. The molecule has 1 atom stereocenters. The van der Waals surface area contributed by atoms with Crippen molar-refractivity contribution in [1.82, 2.24) is 0 Å². The Morgan fingerprint density at radius 1 is 1.50 bits per heavy atom. The highest BCUT2D eigenvalue weighted by Crippen LogP contribution is 2.32. The average Bonchev–Trinajstić information content (AvgIpc) is 1.86. The summed E-state index contributed by atoms with van der Waals surface area (Å²) in [5, 5.41) is 0. The lowest BCUT2D eigenvalue weighted by molar-refractivity contribution is 0.170. The topological polar surface area (TPSA) is 9.23 Å². The van der Waals surface area contributed by atoms with Gasteiger partial charge in [-0.05, 0) is 5.92 Å². The summed E-state index contributed by atoms with van der Waals surface area (Å²) < 4.78 is 4.15. The molecule has 1 unspecified atom stereocenters. The standard InChI is InChI=1S/C7H14Cl2O/c1-4-6(2)7(8,9)5-10-3/h6H,4-5H2,1-3H3. The first-order valence-electron chi connectivity index (χ1n) is 3.41. The van der Waals surface area contributed by atoms with Gasteiger partial charge in [0.15, 0.2) is 0 Å². The molecule has 0 aromatic heterocycles. The molecule has 10 heavy (non-hydrogen) atoms. The van der Waals surface area contributed by atoms with Crippen LogP contribution in [0.15, 0.2) is 0 Å². The van der Waals surface area contributed by atoms with Gasteiger partial charge in [-0.3, -0.25) is 0 Å². The van der Waals surface area contributed by atoms with Gasteiger partial charge in [-0.25, -0.2) is 0 Å². The zero-order valence-corrected chi connectivity index (χ0v) is 8.17. The second-order valence-corrected chi connectivity index (χ2v) is 4.05. The normalized spacial score (nSPS) is 15.3. The maximum Gasteiger partial charge on any atom is 0.143 e. The lowest BCUT2D eigenvalue weighted by Gasteiger charge is -2.24. The minimum atomic E-state index is -0.719. The van der Waals surface area contributed by atoms with Crippen molar-refractivity contribution in [2.45, 2.75) is 24.6 Å². The average molecular weight is 185 g/mol. The molecular weight excluding hydrogens is 171 g/mol. The van der Waals surface area contributed by atoms with Crippen LogP contribution < -0.4 is 0 Å². The Labute approximate surface area is 72.6 Å². The number of hydrogen-bond donors (Lipinski definition) is 0. The van der Waals surface area contributed by atoms with Crippen molar-refractivity contribution in [2.75, 3.05) is 13.7 Å². The highest BCUT2D eigenvalue weighted by atomic mass is 35.5. The number of alkyl halides is 2. The van der Waals surface area contributed by atoms with Crippen LogP contribution >= 0.6 is 23.2 Å². The quantitative estimate of drug-likeness (QED) is 0.612. The third kappa shape index (κ3) is 3.09. The van der Waals surface area contributed by atoms with Gasteiger partial charge in [0.2, 0.25) is 0 Å². The van der Waals surface area contributed by atoms with Crippen LogP contribution in [0.1, 0.15) is 20.3 Å². The van der Waals surface area contributed by atoms with E-state index in [1.807, 2.05) is 6.92 Å². The zero-order chi connectivity index (χ0) is 8.20. The lowest BCUT2D eigenvalue weighted by Crippen LogP contribution is -2.28. The third-order valence-corrected chi connectivity index (χ3v) is 2.63. The van der Waals surface area contributed by atoms with E-state index in [1.54, 1.807) is 7.11 Å². The molecule has 0 bridgehead atoms. The van der Waals surface area contributed by atoms with E-state index < -0.39 is 4.33 Å². The maximum atomic E-state index is 5.93. The lowest BCUT2D eigenvalue weighted by atomic mass is 10.1. The van der Waals surface area contributed by atoms with Crippen molar-refractivity contribution in [2.24, 2.45) is 5.92 Å². The summed E-state index contributed by atoms with van der Waals surface area (Å²) in [4.78, 5) is 0. The van der Waals surface area contributed by atoms with Crippen LogP contribution in [-0.2, 0) is 4.74 Å². The van der Waals surface area contributed by atoms with Gasteiger partial charge in [0.1, 0.15) is 4.33 Å². The first-order valence-corrected chi connectivity index (χ1v) is 4.17. The van der Waals surface area contributed by atoms with Crippen LogP contribution in [-0.4, -0.2) is 18.1 Å². The molecule has 0 N–H and O–H groups in total. The molecule has 0 amide bonds. The molecule has 0 saturated heterocycles. The Morgan fingerprint density at radius 3 is 2.30 bits per heavy atom. The summed E-state index contributed by atoms with van der Waals surface area (Å²) in [6.45, 7) is 4.46. The van der Waals surface area contributed by atoms with Crippen LogP contribution in [0.25, 0.3) is 0 Å². The fourth-order valence-electron chi connectivity index (χ4n) is 0.633. The predicted octanol–water partition coefficient (Wildman–Crippen LogP) is 2.85. The number of halogens is 2. The van der Waals surface area contributed by atoms with Crippen LogP contribution in [0.5, 0.6) is 0 Å². The SMILES string of the molecule is CCC(C)C(Cl)(Cl)COC. The predicted molar refractivity (Wildman–Crippen MR) is 45.8 cm³/mol. The Bertz CT molecular complexity index is 93.6. The Hall–Kier alpha value is 0.540. The van der Waals surface area contributed by atoms with Gasteiger partial charge in [-0.15, -0.1) is 0 Å². The fraction of sp³-hybridized carbons (Fsp3) is 1.00. The highest BCUT2D eigenvalue weighted by Gasteiger charge is 2.29. The molecule has 0 aromatic carbocycles. The molecule has 0 fully saturated rings. The van der Waals surface area contributed by atoms with E-state index in [1.165, 1.54) is 0 Å². The second kappa shape index (κ2) is 4.42. The monoisotopic (exact) mass is 184 g/mol. The Morgan fingerprint density at radius 2 is 2.00 bits per heavy atom. The van der Waals surface area contributed by atoms with Gasteiger partial charge < -0.3 is 4.74 Å². The molecule has 1 nitrogen and oxygen atoms in total. The van der Waals surface area contributed by atoms with Gasteiger partial charge in [0.25, 0.3) is 0 Å². The minimum absolute atomic E-state index is 0.274. The smallest absolute Gasteiger partial charge is 0.143 e. The third-order valence-electron chi connectivity index (χ3n) is 1.67. The highest BCUT2D eigenvalue weighted by molar-refractivity contribution is 6.48. The van der Waals surface area contributed by atoms with E-state index >= 15 is 0 Å². The number of rotatable bonds is 4. The first-order chi connectivity index (χ1) is 4.54. The minimum Gasteiger partial charge on any atom is -0.382 e. The van der Waals surface area contributed by atoms with Gasteiger partial charge >= 0.3 is 0 Å². The van der Waals surface area contributed by atoms with Crippen molar-refractivity contribution in [3.63, 3.8) is 0 Å². The molecule has 0 heterocycles. The van der Waals surface area contributed by atoms with Crippen LogP contribution in [0, 0.1) is 5.92 Å². The van der Waals surface area contributed by atoms with Gasteiger partial charge in [-0.1, -0.05) is 43.5 Å². The maximum absolute atomic E-state index is 5.93. The molecular formula is C7H14Cl2O. The van der Waals surface area contributed by atoms with Crippen LogP contribution in [0.2, 0.25) is 0 Å². The fourth-order valence-corrected chi connectivity index (χ4v) is 1.16. The molecule has 0 aliphatic rings. The van der Waals surface area contributed by atoms with Crippen molar-refractivity contribution in [3.05, 3.63) is 0 Å². The van der Waals surface area contributed by atoms with Gasteiger partial charge in [0, 0.05) is 7.11 Å². The van der Waals surface area contributed by atoms with Gasteiger partial charge in [-0.2, -0.15) is 0 Å². The molecule has 0 rings (SSSR count). The first kappa shape index (κ1) is 10.5. The van der Waals surface area contributed by atoms with Crippen molar-refractivity contribution in [3.8, 4) is 0 Å². The van der Waals surface area contributed by atoms with Crippen LogP contribution in [0.4, 0.5) is 0 Å². The van der Waals surface area contributed by atoms with E-state index in [9.17, 15) is 0 Å². The summed E-state index contributed by atoms with van der Waals surface area (Å²) in [6, 6.07) is 0. The van der Waals surface area contributed by atoms with Crippen molar-refractivity contribution in [1.29, 1.82) is 0 Å². The largest absolute Gasteiger partial charge is 0.382 e. The Kier molecular flexibility index (Phi) is 4.66.